The zero-order chi connectivity index (χ0) is 13.7. The molecule has 96 valence electrons. The number of carbonyl (C=O) groups excluding carboxylic acids is 2. The molecule has 0 fully saturated rings. The van der Waals surface area contributed by atoms with E-state index in [1.807, 2.05) is 42.5 Å². The first kappa shape index (κ1) is 11.2. The minimum atomic E-state index is -0.304. The van der Waals surface area contributed by atoms with Gasteiger partial charge < -0.3 is 0 Å². The van der Waals surface area contributed by atoms with Gasteiger partial charge in [-0.2, -0.15) is 0 Å². The normalized spacial score (nSPS) is 14.4. The molecule has 3 aromatic rings. The molecule has 0 saturated carbocycles. The average Bonchev–Trinajstić information content (AvgIpc) is 2.57. The lowest BCUT2D eigenvalue weighted by Gasteiger charge is -2.10. The Balaban J connectivity index is 2.28. The maximum Gasteiger partial charge on any atom is 0.259 e. The van der Waals surface area contributed by atoms with Crippen LogP contribution in [0.1, 0.15) is 15.9 Å². The van der Waals surface area contributed by atoms with Crippen molar-refractivity contribution in [2.45, 2.75) is 6.42 Å². The number of nitrogens with one attached hydrogen (secondary N) is 1. The molecule has 3 heteroatoms. The van der Waals surface area contributed by atoms with Crippen LogP contribution in [-0.2, 0) is 11.2 Å². The molecule has 0 aromatic heterocycles. The first-order valence-electron chi connectivity index (χ1n) is 6.51. The van der Waals surface area contributed by atoms with Gasteiger partial charge in [-0.05, 0) is 33.2 Å². The van der Waals surface area contributed by atoms with Gasteiger partial charge in [-0.15, -0.1) is 0 Å². The summed E-state index contributed by atoms with van der Waals surface area (Å²) in [6.07, 6.45) is 0.244. The highest BCUT2D eigenvalue weighted by molar-refractivity contribution is 6.23. The van der Waals surface area contributed by atoms with E-state index in [2.05, 4.69) is 11.4 Å². The van der Waals surface area contributed by atoms with Gasteiger partial charge in [0, 0.05) is 0 Å². The van der Waals surface area contributed by atoms with Crippen molar-refractivity contribution >= 4 is 33.4 Å². The molecule has 2 amide bonds. The average molecular weight is 261 g/mol. The zero-order valence-corrected chi connectivity index (χ0v) is 10.6. The molecule has 0 saturated heterocycles. The Morgan fingerprint density at radius 2 is 1.70 bits per heavy atom. The summed E-state index contributed by atoms with van der Waals surface area (Å²) in [7, 11) is 0. The summed E-state index contributed by atoms with van der Waals surface area (Å²) in [5.74, 6) is -0.551. The van der Waals surface area contributed by atoms with E-state index >= 15 is 0 Å². The van der Waals surface area contributed by atoms with Crippen LogP contribution in [0.5, 0.6) is 0 Å². The Morgan fingerprint density at radius 1 is 0.900 bits per heavy atom. The van der Waals surface area contributed by atoms with E-state index in [4.69, 9.17) is 0 Å². The van der Waals surface area contributed by atoms with Gasteiger partial charge in [0.05, 0.1) is 12.0 Å². The summed E-state index contributed by atoms with van der Waals surface area (Å²) < 4.78 is 0. The van der Waals surface area contributed by atoms with Gasteiger partial charge in [-0.25, -0.2) is 0 Å². The minimum Gasteiger partial charge on any atom is -0.292 e. The molecule has 0 aliphatic carbocycles. The predicted octanol–water partition coefficient (Wildman–Crippen LogP) is 2.81. The second-order valence-corrected chi connectivity index (χ2v) is 5.04. The third kappa shape index (κ3) is 1.46. The number of carbonyl (C=O) groups is 2. The summed E-state index contributed by atoms with van der Waals surface area (Å²) in [5.41, 5.74) is 1.52. The third-order valence-electron chi connectivity index (χ3n) is 3.81. The molecule has 0 bridgehead atoms. The topological polar surface area (TPSA) is 46.2 Å². The van der Waals surface area contributed by atoms with E-state index in [1.165, 1.54) is 0 Å². The van der Waals surface area contributed by atoms with Crippen molar-refractivity contribution in [3.8, 4) is 0 Å². The van der Waals surface area contributed by atoms with Gasteiger partial charge in [-0.1, -0.05) is 42.5 Å². The van der Waals surface area contributed by atoms with Crippen LogP contribution in [0.4, 0.5) is 0 Å². The van der Waals surface area contributed by atoms with E-state index in [-0.39, 0.29) is 18.2 Å². The molecule has 1 N–H and O–H groups in total. The monoisotopic (exact) mass is 261 g/mol. The molecule has 20 heavy (non-hydrogen) atoms. The van der Waals surface area contributed by atoms with Crippen LogP contribution in [0, 0.1) is 0 Å². The smallest absolute Gasteiger partial charge is 0.259 e. The molecule has 1 aliphatic heterocycles. The third-order valence-corrected chi connectivity index (χ3v) is 3.81. The highest BCUT2D eigenvalue weighted by atomic mass is 16.2. The van der Waals surface area contributed by atoms with Crippen molar-refractivity contribution in [3.05, 3.63) is 59.7 Å². The summed E-state index contributed by atoms with van der Waals surface area (Å²) >= 11 is 0. The van der Waals surface area contributed by atoms with Gasteiger partial charge in [0.25, 0.3) is 5.91 Å². The second-order valence-electron chi connectivity index (χ2n) is 5.04. The molecule has 1 heterocycles. The van der Waals surface area contributed by atoms with Crippen LogP contribution in [0.25, 0.3) is 21.5 Å². The zero-order valence-electron chi connectivity index (χ0n) is 10.6. The van der Waals surface area contributed by atoms with Gasteiger partial charge in [0.1, 0.15) is 0 Å². The van der Waals surface area contributed by atoms with Crippen LogP contribution in [0.2, 0.25) is 0 Å². The number of hydrogen-bond donors (Lipinski definition) is 1. The summed E-state index contributed by atoms with van der Waals surface area (Å²) in [5, 5.41) is 6.26. The fourth-order valence-corrected chi connectivity index (χ4v) is 2.99. The van der Waals surface area contributed by atoms with Crippen molar-refractivity contribution in [2.75, 3.05) is 0 Å². The van der Waals surface area contributed by atoms with Crippen LogP contribution < -0.4 is 5.32 Å². The molecule has 1 aliphatic rings. The second kappa shape index (κ2) is 3.90. The summed E-state index contributed by atoms with van der Waals surface area (Å²) in [6, 6.07) is 15.7. The quantitative estimate of drug-likeness (QED) is 0.499. The number of fused-ring (bicyclic) bond motifs is 2. The molecule has 0 radical (unpaired) electrons. The van der Waals surface area contributed by atoms with Gasteiger partial charge >= 0.3 is 0 Å². The molecule has 3 nitrogen and oxygen atoms in total. The maximum absolute atomic E-state index is 12.4. The first-order chi connectivity index (χ1) is 9.74. The van der Waals surface area contributed by atoms with Crippen LogP contribution >= 0.6 is 0 Å². The summed E-state index contributed by atoms with van der Waals surface area (Å²) in [6.45, 7) is 0. The lowest BCUT2D eigenvalue weighted by atomic mass is 9.93. The molecular formula is C17H11NO2. The lowest BCUT2D eigenvalue weighted by Crippen LogP contribution is -2.29. The summed E-state index contributed by atoms with van der Waals surface area (Å²) in [4.78, 5) is 24.2. The van der Waals surface area contributed by atoms with E-state index < -0.39 is 0 Å². The van der Waals surface area contributed by atoms with Gasteiger partial charge in [0.2, 0.25) is 5.91 Å². The van der Waals surface area contributed by atoms with Crippen molar-refractivity contribution in [3.63, 3.8) is 0 Å². The molecule has 0 unspecified atom stereocenters. The van der Waals surface area contributed by atoms with Crippen LogP contribution in [0.15, 0.2) is 48.5 Å². The Kier molecular flexibility index (Phi) is 2.18. The minimum absolute atomic E-state index is 0.244. The van der Waals surface area contributed by atoms with Gasteiger partial charge in [-0.3, -0.25) is 14.9 Å². The number of benzene rings is 3. The number of hydrogen-bond acceptors (Lipinski definition) is 2. The van der Waals surface area contributed by atoms with E-state index in [9.17, 15) is 9.59 Å². The Hall–Kier alpha value is -2.68. The van der Waals surface area contributed by atoms with Crippen molar-refractivity contribution in [1.82, 2.24) is 5.32 Å². The van der Waals surface area contributed by atoms with Crippen molar-refractivity contribution in [2.24, 2.45) is 0 Å². The first-order valence-corrected chi connectivity index (χ1v) is 6.51. The molecular weight excluding hydrogens is 250 g/mol. The number of imide groups is 1. The fourth-order valence-electron chi connectivity index (χ4n) is 2.99. The van der Waals surface area contributed by atoms with E-state index in [1.54, 1.807) is 0 Å². The predicted molar refractivity (Wildman–Crippen MR) is 77.6 cm³/mol. The number of amides is 2. The van der Waals surface area contributed by atoms with E-state index in [0.717, 1.165) is 27.1 Å². The maximum atomic E-state index is 12.4. The SMILES string of the molecule is O=C1Cc2cccc3cc4ccccc4c(c23)C(=O)N1. The van der Waals surface area contributed by atoms with Crippen LogP contribution in [0.3, 0.4) is 0 Å². The Morgan fingerprint density at radius 3 is 2.60 bits per heavy atom. The molecule has 3 aromatic carbocycles. The molecule has 0 atom stereocenters. The highest BCUT2D eigenvalue weighted by Gasteiger charge is 2.23. The standard InChI is InChI=1S/C17H11NO2/c19-14-9-12-6-3-5-11-8-10-4-1-2-7-13(10)16(15(11)12)17(20)18-14/h1-8H,9H2,(H,18,19,20). The number of rotatable bonds is 0. The van der Waals surface area contributed by atoms with Crippen LogP contribution in [-0.4, -0.2) is 11.8 Å². The fraction of sp³-hybridized carbons (Fsp3) is 0.0588. The molecule has 4 rings (SSSR count). The van der Waals surface area contributed by atoms with Crippen molar-refractivity contribution < 1.29 is 9.59 Å². The Labute approximate surface area is 115 Å². The van der Waals surface area contributed by atoms with Gasteiger partial charge in [0.15, 0.2) is 0 Å². The molecule has 0 spiro atoms. The van der Waals surface area contributed by atoms with Crippen molar-refractivity contribution in [1.29, 1.82) is 0 Å². The highest BCUT2D eigenvalue weighted by Crippen LogP contribution is 2.32. The van der Waals surface area contributed by atoms with E-state index in [0.29, 0.717) is 5.56 Å². The lowest BCUT2D eigenvalue weighted by molar-refractivity contribution is -0.119. The Bertz CT molecular complexity index is 896. The largest absolute Gasteiger partial charge is 0.292 e.